The smallest absolute Gasteiger partial charge is 0.310 e. The lowest BCUT2D eigenvalue weighted by Crippen LogP contribution is -2.44. The molecule has 0 bridgehead atoms. The third kappa shape index (κ3) is 4.40. The molecule has 1 fully saturated rings. The maximum absolute atomic E-state index is 13.8. The molecule has 4 atom stereocenters. The lowest BCUT2D eigenvalue weighted by Gasteiger charge is -2.40. The molecule has 40 heavy (non-hydrogen) atoms. The number of rotatable bonds is 6. The quantitative estimate of drug-likeness (QED) is 0.327. The van der Waals surface area contributed by atoms with E-state index in [9.17, 15) is 9.18 Å². The van der Waals surface area contributed by atoms with Gasteiger partial charge < -0.3 is 39.1 Å². The van der Waals surface area contributed by atoms with Crippen LogP contribution in [0.2, 0.25) is 0 Å². The molecule has 3 aromatic carbocycles. The summed E-state index contributed by atoms with van der Waals surface area (Å²) in [6.07, 6.45) is 0. The van der Waals surface area contributed by atoms with Gasteiger partial charge in [0.1, 0.15) is 5.82 Å². The SMILES string of the molecule is COc1cc([C@@H]2c3cc4c(cc3[C@@H](NC(=S)Nc3cccc(F)c3)[C@H]3COC(=O)[C@H]23)OCO4)cc(OC)c1OC. The molecule has 1 saturated heterocycles. The summed E-state index contributed by atoms with van der Waals surface area (Å²) >= 11 is 5.62. The summed E-state index contributed by atoms with van der Waals surface area (Å²) in [5, 5.41) is 6.68. The minimum Gasteiger partial charge on any atom is -0.493 e. The van der Waals surface area contributed by atoms with Crippen LogP contribution in [0.1, 0.15) is 28.7 Å². The second kappa shape index (κ2) is 10.4. The normalized spacial score (nSPS) is 22.1. The van der Waals surface area contributed by atoms with E-state index >= 15 is 0 Å². The van der Waals surface area contributed by atoms with E-state index in [1.165, 1.54) is 19.2 Å². The molecule has 0 aromatic heterocycles. The molecule has 2 N–H and O–H groups in total. The molecule has 3 aromatic rings. The first-order valence-electron chi connectivity index (χ1n) is 12.6. The highest BCUT2D eigenvalue weighted by Crippen LogP contribution is 2.55. The van der Waals surface area contributed by atoms with Crippen LogP contribution in [-0.4, -0.2) is 45.8 Å². The molecule has 208 valence electrons. The summed E-state index contributed by atoms with van der Waals surface area (Å²) < 4.78 is 47.6. The Hall–Kier alpha value is -4.25. The molecule has 3 aliphatic rings. The first-order valence-corrected chi connectivity index (χ1v) is 13.1. The van der Waals surface area contributed by atoms with Crippen molar-refractivity contribution in [3.05, 3.63) is 71.0 Å². The molecule has 0 saturated carbocycles. The maximum atomic E-state index is 13.8. The summed E-state index contributed by atoms with van der Waals surface area (Å²) in [6.45, 7) is 0.290. The minimum atomic E-state index is -0.551. The Morgan fingerprint density at radius 2 is 1.65 bits per heavy atom. The van der Waals surface area contributed by atoms with Crippen molar-refractivity contribution < 1.29 is 37.6 Å². The predicted octanol–water partition coefficient (Wildman–Crippen LogP) is 4.54. The molecule has 2 aliphatic heterocycles. The Labute approximate surface area is 235 Å². The van der Waals surface area contributed by atoms with Crippen molar-refractivity contribution in [3.63, 3.8) is 0 Å². The average molecular weight is 567 g/mol. The Morgan fingerprint density at radius 3 is 2.30 bits per heavy atom. The molecule has 1 aliphatic carbocycles. The van der Waals surface area contributed by atoms with Crippen LogP contribution < -0.4 is 34.3 Å². The van der Waals surface area contributed by atoms with Crippen LogP contribution in [0.25, 0.3) is 0 Å². The number of carbonyl (C=O) groups is 1. The lowest BCUT2D eigenvalue weighted by atomic mass is 9.65. The number of halogens is 1. The van der Waals surface area contributed by atoms with Crippen molar-refractivity contribution >= 4 is 29.0 Å². The highest BCUT2D eigenvalue weighted by atomic mass is 32.1. The second-order valence-corrected chi connectivity index (χ2v) is 10.1. The summed E-state index contributed by atoms with van der Waals surface area (Å²) in [5.74, 6) is 0.638. The van der Waals surface area contributed by atoms with Crippen LogP contribution in [0.5, 0.6) is 28.7 Å². The van der Waals surface area contributed by atoms with E-state index < -0.39 is 17.9 Å². The number of cyclic esters (lactones) is 1. The largest absolute Gasteiger partial charge is 0.493 e. The number of anilines is 1. The van der Waals surface area contributed by atoms with Crippen LogP contribution in [0.3, 0.4) is 0 Å². The molecule has 9 nitrogen and oxygen atoms in total. The van der Waals surface area contributed by atoms with Gasteiger partial charge in [-0.1, -0.05) is 6.07 Å². The minimum absolute atomic E-state index is 0.0968. The topological polar surface area (TPSA) is 96.5 Å². The number of thiocarbonyl (C=S) groups is 1. The van der Waals surface area contributed by atoms with E-state index in [0.29, 0.717) is 34.4 Å². The predicted molar refractivity (Wildman–Crippen MR) is 147 cm³/mol. The molecular weight excluding hydrogens is 539 g/mol. The van der Waals surface area contributed by atoms with Gasteiger partial charge in [-0.3, -0.25) is 4.79 Å². The second-order valence-electron chi connectivity index (χ2n) is 9.68. The van der Waals surface area contributed by atoms with E-state index in [1.807, 2.05) is 24.3 Å². The molecule has 0 spiro atoms. The van der Waals surface area contributed by atoms with E-state index in [1.54, 1.807) is 26.4 Å². The molecule has 6 rings (SSSR count). The average Bonchev–Trinajstić information content (AvgIpc) is 3.57. The molecule has 0 unspecified atom stereocenters. The number of esters is 1. The van der Waals surface area contributed by atoms with Gasteiger partial charge in [0.2, 0.25) is 12.5 Å². The van der Waals surface area contributed by atoms with Gasteiger partial charge >= 0.3 is 5.97 Å². The van der Waals surface area contributed by atoms with Crippen molar-refractivity contribution in [1.29, 1.82) is 0 Å². The van der Waals surface area contributed by atoms with Crippen molar-refractivity contribution in [2.24, 2.45) is 11.8 Å². The fraction of sp³-hybridized carbons (Fsp3) is 0.310. The Morgan fingerprint density at radius 1 is 0.950 bits per heavy atom. The first kappa shape index (κ1) is 26.0. The molecule has 11 heteroatoms. The zero-order chi connectivity index (χ0) is 28.0. The summed E-state index contributed by atoms with van der Waals surface area (Å²) in [4.78, 5) is 13.3. The molecular formula is C29H27FN2O7S. The third-order valence-corrected chi connectivity index (χ3v) is 7.82. The van der Waals surface area contributed by atoms with Gasteiger partial charge in [0.15, 0.2) is 28.1 Å². The van der Waals surface area contributed by atoms with Gasteiger partial charge in [-0.15, -0.1) is 0 Å². The highest BCUT2D eigenvalue weighted by molar-refractivity contribution is 7.80. The van der Waals surface area contributed by atoms with E-state index in [-0.39, 0.29) is 36.2 Å². The third-order valence-electron chi connectivity index (χ3n) is 7.60. The fourth-order valence-corrected chi connectivity index (χ4v) is 6.15. The first-order chi connectivity index (χ1) is 19.4. The lowest BCUT2D eigenvalue weighted by molar-refractivity contribution is -0.141. The van der Waals surface area contributed by atoms with Crippen LogP contribution in [0, 0.1) is 17.7 Å². The Bertz CT molecular complexity index is 1470. The van der Waals surface area contributed by atoms with Crippen LogP contribution in [0.4, 0.5) is 10.1 Å². The maximum Gasteiger partial charge on any atom is 0.310 e. The number of hydrogen-bond acceptors (Lipinski definition) is 8. The number of nitrogens with one attached hydrogen (secondary N) is 2. The van der Waals surface area contributed by atoms with Crippen LogP contribution in [0.15, 0.2) is 48.5 Å². The number of hydrogen-bond donors (Lipinski definition) is 2. The van der Waals surface area contributed by atoms with Crippen LogP contribution in [-0.2, 0) is 9.53 Å². The number of methoxy groups -OCH3 is 3. The van der Waals surface area contributed by atoms with Gasteiger partial charge in [-0.05, 0) is 71.4 Å². The van der Waals surface area contributed by atoms with Gasteiger partial charge in [-0.2, -0.15) is 0 Å². The fourth-order valence-electron chi connectivity index (χ4n) is 5.90. The molecule has 2 heterocycles. The molecule has 0 radical (unpaired) electrons. The van der Waals surface area contributed by atoms with Crippen molar-refractivity contribution in [2.75, 3.05) is 40.0 Å². The van der Waals surface area contributed by atoms with E-state index in [2.05, 4.69) is 10.6 Å². The zero-order valence-electron chi connectivity index (χ0n) is 22.0. The van der Waals surface area contributed by atoms with Crippen molar-refractivity contribution in [2.45, 2.75) is 12.0 Å². The summed E-state index contributed by atoms with van der Waals surface area (Å²) in [5.41, 5.74) is 3.03. The number of fused-ring (bicyclic) bond motifs is 3. The Balaban J connectivity index is 1.46. The number of benzene rings is 3. The van der Waals surface area contributed by atoms with Crippen molar-refractivity contribution in [3.8, 4) is 28.7 Å². The van der Waals surface area contributed by atoms with Crippen LogP contribution >= 0.6 is 12.2 Å². The van der Waals surface area contributed by atoms with Crippen molar-refractivity contribution in [1.82, 2.24) is 5.32 Å². The monoisotopic (exact) mass is 566 g/mol. The standard InChI is InChI=1S/C29H27FN2O7S/c1-34-22-7-14(8-23(35-2)27(22)36-3)24-17-10-20-21(39-13-38-20)11-18(17)26(19-12-37-28(33)25(19)24)32-29(40)31-16-6-4-5-15(30)9-16/h4-11,19,24-26H,12-13H2,1-3H3,(H2,31,32,40)/t19-,24+,25-,26+/m0/s1. The summed E-state index contributed by atoms with van der Waals surface area (Å²) in [6, 6.07) is 13.2. The molecule has 0 amide bonds. The zero-order valence-corrected chi connectivity index (χ0v) is 22.8. The highest BCUT2D eigenvalue weighted by Gasteiger charge is 2.53. The summed E-state index contributed by atoms with van der Waals surface area (Å²) in [7, 11) is 4.64. The Kier molecular flexibility index (Phi) is 6.75. The number of ether oxygens (including phenoxy) is 6. The van der Waals surface area contributed by atoms with Gasteiger partial charge in [-0.25, -0.2) is 4.39 Å². The van der Waals surface area contributed by atoms with E-state index in [4.69, 9.17) is 40.6 Å². The van der Waals surface area contributed by atoms with Gasteiger partial charge in [0.25, 0.3) is 0 Å². The van der Waals surface area contributed by atoms with Gasteiger partial charge in [0, 0.05) is 17.5 Å². The number of carbonyl (C=O) groups excluding carboxylic acids is 1. The van der Waals surface area contributed by atoms with E-state index in [0.717, 1.165) is 16.7 Å². The van der Waals surface area contributed by atoms with Gasteiger partial charge in [0.05, 0.1) is 39.9 Å².